The van der Waals surface area contributed by atoms with Crippen LogP contribution in [0.3, 0.4) is 0 Å². The number of carboxylic acid groups (broad SMARTS) is 1. The zero-order valence-electron chi connectivity index (χ0n) is 8.89. The van der Waals surface area contributed by atoms with Gasteiger partial charge in [-0.2, -0.15) is 5.10 Å². The van der Waals surface area contributed by atoms with Crippen LogP contribution in [0.2, 0.25) is 0 Å². The molecule has 0 aromatic carbocycles. The molecule has 1 N–H and O–H groups in total. The summed E-state index contributed by atoms with van der Waals surface area (Å²) in [6.45, 7) is 2.02. The zero-order chi connectivity index (χ0) is 10.8. The lowest BCUT2D eigenvalue weighted by atomic mass is 10.0. The summed E-state index contributed by atoms with van der Waals surface area (Å²) in [5.41, 5.74) is 1.16. The Morgan fingerprint density at radius 2 is 2.47 bits per heavy atom. The molecule has 0 saturated heterocycles. The number of carboxylic acids is 1. The number of hydrogen-bond donors (Lipinski definition) is 1. The van der Waals surface area contributed by atoms with Gasteiger partial charge in [0, 0.05) is 12.6 Å². The van der Waals surface area contributed by atoms with Gasteiger partial charge in [0.2, 0.25) is 0 Å². The third-order valence-electron chi connectivity index (χ3n) is 3.08. The maximum atomic E-state index is 10.6. The van der Waals surface area contributed by atoms with Gasteiger partial charge >= 0.3 is 5.97 Å². The van der Waals surface area contributed by atoms with Crippen molar-refractivity contribution in [2.24, 2.45) is 5.92 Å². The summed E-state index contributed by atoms with van der Waals surface area (Å²) in [6.07, 6.45) is 7.21. The van der Waals surface area contributed by atoms with Gasteiger partial charge in [0.05, 0.1) is 12.2 Å². The Hall–Kier alpha value is -1.32. The third kappa shape index (κ3) is 2.37. The highest BCUT2D eigenvalue weighted by atomic mass is 16.4. The van der Waals surface area contributed by atoms with Gasteiger partial charge in [0.25, 0.3) is 0 Å². The average Bonchev–Trinajstić information content (AvgIpc) is 2.72. The first-order valence-corrected chi connectivity index (χ1v) is 5.37. The zero-order valence-corrected chi connectivity index (χ0v) is 8.89. The van der Waals surface area contributed by atoms with Crippen LogP contribution in [0.4, 0.5) is 0 Å². The lowest BCUT2D eigenvalue weighted by molar-refractivity contribution is -0.138. The van der Waals surface area contributed by atoms with Gasteiger partial charge in [-0.1, -0.05) is 0 Å². The van der Waals surface area contributed by atoms with Crippen LogP contribution >= 0.6 is 0 Å². The van der Waals surface area contributed by atoms with E-state index in [2.05, 4.69) is 5.10 Å². The predicted octanol–water partition coefficient (Wildman–Crippen LogP) is 2.01. The number of rotatable bonds is 3. The number of nitrogens with zero attached hydrogens (tertiary/aromatic N) is 2. The van der Waals surface area contributed by atoms with Gasteiger partial charge < -0.3 is 5.11 Å². The molecule has 1 saturated carbocycles. The van der Waals surface area contributed by atoms with Crippen LogP contribution in [-0.2, 0) is 4.79 Å². The third-order valence-corrected chi connectivity index (χ3v) is 3.08. The van der Waals surface area contributed by atoms with Crippen LogP contribution in [0.5, 0.6) is 0 Å². The molecule has 15 heavy (non-hydrogen) atoms. The molecule has 0 radical (unpaired) electrons. The quantitative estimate of drug-likeness (QED) is 0.826. The van der Waals surface area contributed by atoms with Gasteiger partial charge in [0.1, 0.15) is 0 Å². The summed E-state index contributed by atoms with van der Waals surface area (Å²) in [7, 11) is 0. The Labute approximate surface area is 88.9 Å². The van der Waals surface area contributed by atoms with Gasteiger partial charge in [-0.15, -0.1) is 0 Å². The molecule has 2 rings (SSSR count). The van der Waals surface area contributed by atoms with Crippen LogP contribution in [0.25, 0.3) is 0 Å². The van der Waals surface area contributed by atoms with Crippen molar-refractivity contribution in [2.75, 3.05) is 0 Å². The highest BCUT2D eigenvalue weighted by Gasteiger charge is 2.27. The fourth-order valence-electron chi connectivity index (χ4n) is 2.35. The molecular weight excluding hydrogens is 192 g/mol. The van der Waals surface area contributed by atoms with Gasteiger partial charge in [-0.05, 0) is 37.7 Å². The number of aliphatic carboxylic acids is 1. The minimum absolute atomic E-state index is 0.302. The molecule has 4 nitrogen and oxygen atoms in total. The molecular formula is C11H16N2O2. The maximum Gasteiger partial charge on any atom is 0.303 e. The maximum absolute atomic E-state index is 10.6. The minimum Gasteiger partial charge on any atom is -0.481 e. The molecule has 1 aliphatic carbocycles. The average molecular weight is 208 g/mol. The van der Waals surface area contributed by atoms with E-state index in [1.807, 2.05) is 24.0 Å². The largest absolute Gasteiger partial charge is 0.481 e. The Morgan fingerprint density at radius 3 is 3.07 bits per heavy atom. The summed E-state index contributed by atoms with van der Waals surface area (Å²) < 4.78 is 1.98. The standard InChI is InChI=1S/C11H16N2O2/c1-8-6-12-13(7-8)10-3-2-9(4-10)5-11(14)15/h6-7,9-10H,2-5H2,1H3,(H,14,15). The molecule has 2 atom stereocenters. The van der Waals surface area contributed by atoms with E-state index in [1.54, 1.807) is 0 Å². The molecule has 2 unspecified atom stereocenters. The summed E-state index contributed by atoms with van der Waals surface area (Å²) in [6, 6.07) is 0.406. The van der Waals surface area contributed by atoms with E-state index in [9.17, 15) is 4.79 Å². The molecule has 0 bridgehead atoms. The lowest BCUT2D eigenvalue weighted by Crippen LogP contribution is -2.08. The molecule has 4 heteroatoms. The van der Waals surface area contributed by atoms with E-state index in [-0.39, 0.29) is 0 Å². The second-order valence-electron chi connectivity index (χ2n) is 4.43. The first-order valence-electron chi connectivity index (χ1n) is 5.37. The number of aryl methyl sites for hydroxylation is 1. The van der Waals surface area contributed by atoms with Gasteiger partial charge in [-0.25, -0.2) is 0 Å². The Balaban J connectivity index is 1.95. The molecule has 1 aromatic rings. The molecule has 0 aliphatic heterocycles. The summed E-state index contributed by atoms with van der Waals surface area (Å²) >= 11 is 0. The van der Waals surface area contributed by atoms with Crippen LogP contribution in [0.1, 0.15) is 37.3 Å². The highest BCUT2D eigenvalue weighted by Crippen LogP contribution is 2.35. The lowest BCUT2D eigenvalue weighted by Gasteiger charge is -2.10. The van der Waals surface area contributed by atoms with Crippen molar-refractivity contribution in [2.45, 2.75) is 38.6 Å². The van der Waals surface area contributed by atoms with Crippen molar-refractivity contribution in [3.63, 3.8) is 0 Å². The van der Waals surface area contributed by atoms with E-state index >= 15 is 0 Å². The predicted molar refractivity (Wildman–Crippen MR) is 55.6 cm³/mol. The van der Waals surface area contributed by atoms with Crippen LogP contribution in [0, 0.1) is 12.8 Å². The summed E-state index contributed by atoms with van der Waals surface area (Å²) in [4.78, 5) is 10.6. The minimum atomic E-state index is -0.683. The van der Waals surface area contributed by atoms with E-state index in [0.717, 1.165) is 24.8 Å². The van der Waals surface area contributed by atoms with Crippen molar-refractivity contribution in [1.29, 1.82) is 0 Å². The second kappa shape index (κ2) is 4.04. The molecule has 0 amide bonds. The van der Waals surface area contributed by atoms with Crippen molar-refractivity contribution >= 4 is 5.97 Å². The van der Waals surface area contributed by atoms with Crippen LogP contribution in [-0.4, -0.2) is 20.9 Å². The number of hydrogen-bond acceptors (Lipinski definition) is 2. The smallest absolute Gasteiger partial charge is 0.303 e. The van der Waals surface area contributed by atoms with E-state index in [0.29, 0.717) is 18.4 Å². The Kier molecular flexibility index (Phi) is 2.75. The fraction of sp³-hybridized carbons (Fsp3) is 0.636. The Morgan fingerprint density at radius 1 is 1.67 bits per heavy atom. The Bertz CT molecular complexity index is 359. The van der Waals surface area contributed by atoms with E-state index in [1.165, 1.54) is 0 Å². The van der Waals surface area contributed by atoms with Gasteiger partial charge in [-0.3, -0.25) is 9.48 Å². The first-order chi connectivity index (χ1) is 7.15. The summed E-state index contributed by atoms with van der Waals surface area (Å²) in [5, 5.41) is 13.0. The van der Waals surface area contributed by atoms with Crippen molar-refractivity contribution in [1.82, 2.24) is 9.78 Å². The summed E-state index contributed by atoms with van der Waals surface area (Å²) in [5.74, 6) is -0.352. The van der Waals surface area contributed by atoms with Crippen molar-refractivity contribution in [3.8, 4) is 0 Å². The topological polar surface area (TPSA) is 55.1 Å². The molecule has 0 spiro atoms. The van der Waals surface area contributed by atoms with Crippen molar-refractivity contribution < 1.29 is 9.90 Å². The van der Waals surface area contributed by atoms with Crippen molar-refractivity contribution in [3.05, 3.63) is 18.0 Å². The molecule has 1 aliphatic rings. The molecule has 1 aromatic heterocycles. The first kappa shape index (κ1) is 10.2. The highest BCUT2D eigenvalue weighted by molar-refractivity contribution is 5.67. The second-order valence-corrected chi connectivity index (χ2v) is 4.43. The number of aromatic nitrogens is 2. The van der Waals surface area contributed by atoms with Gasteiger partial charge in [0.15, 0.2) is 0 Å². The van der Waals surface area contributed by atoms with E-state index < -0.39 is 5.97 Å². The molecule has 1 heterocycles. The monoisotopic (exact) mass is 208 g/mol. The fourth-order valence-corrected chi connectivity index (χ4v) is 2.35. The normalized spacial score (nSPS) is 25.7. The van der Waals surface area contributed by atoms with Crippen LogP contribution in [0.15, 0.2) is 12.4 Å². The van der Waals surface area contributed by atoms with Crippen LogP contribution < -0.4 is 0 Å². The molecule has 1 fully saturated rings. The van der Waals surface area contributed by atoms with E-state index in [4.69, 9.17) is 5.11 Å². The molecule has 82 valence electrons. The number of carbonyl (C=O) groups is 1. The SMILES string of the molecule is Cc1cnn(C2CCC(CC(=O)O)C2)c1.